The topological polar surface area (TPSA) is 71.9 Å². The van der Waals surface area contributed by atoms with Crippen LogP contribution in [0.4, 0.5) is 4.39 Å². The van der Waals surface area contributed by atoms with E-state index in [4.69, 9.17) is 10.5 Å². The third kappa shape index (κ3) is 2.28. The van der Waals surface area contributed by atoms with E-state index in [9.17, 15) is 9.65 Å². The van der Waals surface area contributed by atoms with Crippen LogP contribution in [0.25, 0.3) is 10.2 Å². The number of aromatic nitrogens is 1. The van der Waals surface area contributed by atoms with Crippen LogP contribution in [0.1, 0.15) is 27.6 Å². The second kappa shape index (κ2) is 5.57. The summed E-state index contributed by atoms with van der Waals surface area (Å²) in [5.74, 6) is -0.370. The number of nitriles is 1. The number of ether oxygens (including phenoxy) is 1. The maximum Gasteiger partial charge on any atom is 0.205 e. The van der Waals surface area contributed by atoms with Crippen LogP contribution in [-0.2, 0) is 0 Å². The lowest BCUT2D eigenvalue weighted by atomic mass is 9.88. The average Bonchev–Trinajstić information content (AvgIpc) is 2.92. The lowest BCUT2D eigenvalue weighted by Crippen LogP contribution is -2.20. The van der Waals surface area contributed by atoms with Gasteiger partial charge >= 0.3 is 0 Å². The predicted octanol–water partition coefficient (Wildman–Crippen LogP) is 4.27. The number of aryl methyl sites for hydroxylation is 2. The van der Waals surface area contributed by atoms with Gasteiger partial charge in [0.2, 0.25) is 5.88 Å². The van der Waals surface area contributed by atoms with Crippen molar-refractivity contribution < 1.29 is 9.13 Å². The minimum atomic E-state index is -0.589. The first-order valence-corrected chi connectivity index (χ1v) is 8.55. The highest BCUT2D eigenvalue weighted by atomic mass is 32.1. The Kier molecular flexibility index (Phi) is 3.48. The molecular formula is C19H14FN3OS. The third-order valence-corrected chi connectivity index (χ3v) is 5.46. The van der Waals surface area contributed by atoms with Crippen molar-refractivity contribution >= 4 is 21.6 Å². The molecule has 1 aliphatic heterocycles. The van der Waals surface area contributed by atoms with Crippen molar-refractivity contribution in [3.05, 3.63) is 69.3 Å². The van der Waals surface area contributed by atoms with Gasteiger partial charge in [-0.05, 0) is 31.5 Å². The van der Waals surface area contributed by atoms with Crippen molar-refractivity contribution in [3.63, 3.8) is 0 Å². The normalized spacial score (nSPS) is 16.5. The molecule has 0 saturated heterocycles. The number of halogens is 1. The number of pyridine rings is 1. The Balaban J connectivity index is 2.07. The van der Waals surface area contributed by atoms with Crippen LogP contribution in [0.5, 0.6) is 5.75 Å². The van der Waals surface area contributed by atoms with Crippen LogP contribution in [0, 0.1) is 31.0 Å². The minimum Gasteiger partial charge on any atom is -0.439 e. The highest BCUT2D eigenvalue weighted by Gasteiger charge is 2.35. The van der Waals surface area contributed by atoms with Crippen LogP contribution >= 0.6 is 11.3 Å². The lowest BCUT2D eigenvalue weighted by molar-refractivity contribution is 0.400. The number of fused-ring (bicyclic) bond motifs is 3. The van der Waals surface area contributed by atoms with Gasteiger partial charge in [0.25, 0.3) is 0 Å². The van der Waals surface area contributed by atoms with Gasteiger partial charge in [-0.25, -0.2) is 9.37 Å². The van der Waals surface area contributed by atoms with Crippen molar-refractivity contribution in [1.82, 2.24) is 4.98 Å². The molecule has 2 N–H and O–H groups in total. The molecule has 1 atom stereocenters. The minimum absolute atomic E-state index is 0.0166. The van der Waals surface area contributed by atoms with Crippen LogP contribution in [0.15, 0.2) is 41.8 Å². The van der Waals surface area contributed by atoms with Gasteiger partial charge < -0.3 is 10.5 Å². The lowest BCUT2D eigenvalue weighted by Gasteiger charge is -2.24. The van der Waals surface area contributed by atoms with E-state index in [0.29, 0.717) is 11.3 Å². The SMILES string of the molecule is Cc1cc(C)c2c3c(sc2n1)[C@H](c1ccccc1F)C(C#N)=C(N)O3. The third-order valence-electron chi connectivity index (χ3n) is 4.33. The number of nitrogens with two attached hydrogens (primary N) is 1. The summed E-state index contributed by atoms with van der Waals surface area (Å²) in [6.45, 7) is 3.90. The molecule has 0 radical (unpaired) electrons. The van der Waals surface area contributed by atoms with Crippen molar-refractivity contribution in [2.75, 3.05) is 0 Å². The molecule has 6 heteroatoms. The fraction of sp³-hybridized carbons (Fsp3) is 0.158. The number of hydrogen-bond donors (Lipinski definition) is 1. The van der Waals surface area contributed by atoms with Crippen molar-refractivity contribution in [2.24, 2.45) is 5.73 Å². The van der Waals surface area contributed by atoms with Gasteiger partial charge in [0.1, 0.15) is 22.3 Å². The number of rotatable bonds is 1. The van der Waals surface area contributed by atoms with E-state index in [1.165, 1.54) is 17.4 Å². The molecule has 4 nitrogen and oxygen atoms in total. The fourth-order valence-corrected chi connectivity index (χ4v) is 4.63. The van der Waals surface area contributed by atoms with Gasteiger partial charge in [-0.1, -0.05) is 18.2 Å². The van der Waals surface area contributed by atoms with Gasteiger partial charge in [-0.2, -0.15) is 5.26 Å². The quantitative estimate of drug-likeness (QED) is 0.711. The largest absolute Gasteiger partial charge is 0.439 e. The summed E-state index contributed by atoms with van der Waals surface area (Å²) in [5, 5.41) is 10.4. The molecule has 0 unspecified atom stereocenters. The molecular weight excluding hydrogens is 337 g/mol. The number of thiophene rings is 1. The van der Waals surface area contributed by atoms with E-state index < -0.39 is 5.92 Å². The fourth-order valence-electron chi connectivity index (χ4n) is 3.28. The van der Waals surface area contributed by atoms with Crippen molar-refractivity contribution in [3.8, 4) is 11.8 Å². The van der Waals surface area contributed by atoms with Gasteiger partial charge in [0.15, 0.2) is 5.75 Å². The average molecular weight is 351 g/mol. The van der Waals surface area contributed by atoms with E-state index in [-0.39, 0.29) is 17.3 Å². The Labute approximate surface area is 148 Å². The number of benzene rings is 1. The number of allylic oxidation sites excluding steroid dienone is 1. The number of hydrogen-bond acceptors (Lipinski definition) is 5. The highest BCUT2D eigenvalue weighted by molar-refractivity contribution is 7.19. The van der Waals surface area contributed by atoms with Crippen LogP contribution < -0.4 is 10.5 Å². The van der Waals surface area contributed by atoms with Gasteiger partial charge in [0, 0.05) is 11.3 Å². The Bertz CT molecular complexity index is 1090. The van der Waals surface area contributed by atoms with Crippen LogP contribution in [0.3, 0.4) is 0 Å². The smallest absolute Gasteiger partial charge is 0.205 e. The molecule has 1 aromatic carbocycles. The summed E-state index contributed by atoms with van der Waals surface area (Å²) in [4.78, 5) is 6.13. The molecule has 4 rings (SSSR count). The Hall–Kier alpha value is -2.91. The molecule has 0 saturated carbocycles. The summed E-state index contributed by atoms with van der Waals surface area (Å²) in [7, 11) is 0. The molecule has 1 aliphatic rings. The highest BCUT2D eigenvalue weighted by Crippen LogP contribution is 2.51. The molecule has 3 aromatic rings. The molecule has 25 heavy (non-hydrogen) atoms. The summed E-state index contributed by atoms with van der Waals surface area (Å²) in [5.41, 5.74) is 8.55. The molecule has 124 valence electrons. The summed E-state index contributed by atoms with van der Waals surface area (Å²) < 4.78 is 20.3. The first-order chi connectivity index (χ1) is 12.0. The molecule has 3 heterocycles. The van der Waals surface area contributed by atoms with Crippen LogP contribution in [0.2, 0.25) is 0 Å². The molecule has 0 fully saturated rings. The molecule has 2 aromatic heterocycles. The Morgan fingerprint density at radius 2 is 2.08 bits per heavy atom. The zero-order valence-electron chi connectivity index (χ0n) is 13.6. The maximum atomic E-state index is 14.5. The summed E-state index contributed by atoms with van der Waals surface area (Å²) in [6.07, 6.45) is 0. The van der Waals surface area contributed by atoms with E-state index in [2.05, 4.69) is 11.1 Å². The predicted molar refractivity (Wildman–Crippen MR) is 94.8 cm³/mol. The monoisotopic (exact) mass is 351 g/mol. The second-order valence-electron chi connectivity index (χ2n) is 6.00. The molecule has 0 amide bonds. The zero-order valence-corrected chi connectivity index (χ0v) is 14.4. The zero-order chi connectivity index (χ0) is 17.7. The van der Waals surface area contributed by atoms with Crippen LogP contribution in [-0.4, -0.2) is 4.98 Å². The molecule has 0 bridgehead atoms. The number of nitrogens with zero attached hydrogens (tertiary/aromatic N) is 2. The van der Waals surface area contributed by atoms with E-state index >= 15 is 0 Å². The molecule has 0 aliphatic carbocycles. The maximum absolute atomic E-state index is 14.5. The Morgan fingerprint density at radius 3 is 2.80 bits per heavy atom. The van der Waals surface area contributed by atoms with Gasteiger partial charge in [0.05, 0.1) is 16.2 Å². The first kappa shape index (κ1) is 15.6. The van der Waals surface area contributed by atoms with Gasteiger partial charge in [-0.3, -0.25) is 0 Å². The van der Waals surface area contributed by atoms with E-state index in [1.54, 1.807) is 18.2 Å². The van der Waals surface area contributed by atoms with E-state index in [0.717, 1.165) is 26.4 Å². The first-order valence-electron chi connectivity index (χ1n) is 7.74. The van der Waals surface area contributed by atoms with E-state index in [1.807, 2.05) is 19.9 Å². The second-order valence-corrected chi connectivity index (χ2v) is 7.03. The van der Waals surface area contributed by atoms with Crippen molar-refractivity contribution in [2.45, 2.75) is 19.8 Å². The van der Waals surface area contributed by atoms with Crippen molar-refractivity contribution in [1.29, 1.82) is 5.26 Å². The summed E-state index contributed by atoms with van der Waals surface area (Å²) >= 11 is 1.42. The summed E-state index contributed by atoms with van der Waals surface area (Å²) in [6, 6.07) is 10.5. The Morgan fingerprint density at radius 1 is 1.32 bits per heavy atom. The molecule has 0 spiro atoms. The van der Waals surface area contributed by atoms with Gasteiger partial charge in [-0.15, -0.1) is 11.3 Å². The standard InChI is InChI=1S/C19H14FN3OS/c1-9-7-10(2)23-19-14(9)16-17(25-19)15(12(8-21)18(22)24-16)11-5-3-4-6-13(11)20/h3-7,15H,22H2,1-2H3/t15-/m1/s1.